The van der Waals surface area contributed by atoms with Crippen LogP contribution in [0.2, 0.25) is 0 Å². The summed E-state index contributed by atoms with van der Waals surface area (Å²) in [6, 6.07) is 13.8. The van der Waals surface area contributed by atoms with E-state index in [1.165, 1.54) is 24.3 Å². The highest BCUT2D eigenvalue weighted by Crippen LogP contribution is 2.47. The predicted molar refractivity (Wildman–Crippen MR) is 144 cm³/mol. The van der Waals surface area contributed by atoms with Gasteiger partial charge in [0.25, 0.3) is 0 Å². The van der Waals surface area contributed by atoms with Crippen LogP contribution in [0.15, 0.2) is 60.7 Å². The number of ether oxygens (including phenoxy) is 3. The number of hydrogen-bond acceptors (Lipinski definition) is 8. The highest BCUT2D eigenvalue weighted by molar-refractivity contribution is 5.86. The standard InChI is InChI=1S/C31H37NO9/c33-24-25(34)27(28(36)37)40-29(26(24)35)41-31(19-9-3-1-4-10-19,20-11-5-2-6-12-20)30(38)39-23-17-21-13-14-22(18-23)32(21)15-7-8-16-32/h1-6,9-12,21-27,29,33-35H,7-8,13-18H2/p+1/t21-,22+,23?,24-,25-,26+,27-,29?/m0/s1/i7D2,8D2,15D2,16D2. The summed E-state index contributed by atoms with van der Waals surface area (Å²) < 4.78 is 85.8. The monoisotopic (exact) mass is 576 g/mol. The van der Waals surface area contributed by atoms with Crippen molar-refractivity contribution in [3.63, 3.8) is 0 Å². The first kappa shape index (κ1) is 20.1. The van der Waals surface area contributed by atoms with Gasteiger partial charge in [-0.2, -0.15) is 0 Å². The molecule has 4 saturated heterocycles. The second-order valence-electron chi connectivity index (χ2n) is 10.9. The van der Waals surface area contributed by atoms with Crippen molar-refractivity contribution in [2.24, 2.45) is 0 Å². The van der Waals surface area contributed by atoms with Crippen LogP contribution < -0.4 is 0 Å². The van der Waals surface area contributed by atoms with Gasteiger partial charge in [-0.25, -0.2) is 9.59 Å². The normalized spacial score (nSPS) is 42.2. The minimum Gasteiger partial charge on any atom is -0.479 e. The van der Waals surface area contributed by atoms with Gasteiger partial charge in [0, 0.05) is 43.9 Å². The Morgan fingerprint density at radius 1 is 0.854 bits per heavy atom. The Hall–Kier alpha value is -2.86. The fourth-order valence-electron chi connectivity index (χ4n) is 6.58. The Bertz CT molecular complexity index is 1500. The fraction of sp³-hybridized carbons (Fsp3) is 0.548. The molecule has 4 fully saturated rings. The molecule has 2 bridgehead atoms. The van der Waals surface area contributed by atoms with E-state index in [-0.39, 0.29) is 36.8 Å². The zero-order chi connectivity index (χ0) is 35.9. The van der Waals surface area contributed by atoms with E-state index in [0.717, 1.165) is 0 Å². The predicted octanol–water partition coefficient (Wildman–Crippen LogP) is 1.69. The summed E-state index contributed by atoms with van der Waals surface area (Å²) in [5, 5.41) is 41.4. The topological polar surface area (TPSA) is 143 Å². The molecule has 220 valence electrons. The van der Waals surface area contributed by atoms with Crippen LogP contribution in [0, 0.1) is 0 Å². The lowest BCUT2D eigenvalue weighted by Gasteiger charge is -2.47. The van der Waals surface area contributed by atoms with Gasteiger partial charge in [0.2, 0.25) is 5.60 Å². The molecule has 0 saturated carbocycles. The largest absolute Gasteiger partial charge is 0.479 e. The van der Waals surface area contributed by atoms with E-state index in [4.69, 9.17) is 25.2 Å². The van der Waals surface area contributed by atoms with E-state index < -0.39 is 96.7 Å². The zero-order valence-electron chi connectivity index (χ0n) is 30.0. The third kappa shape index (κ3) is 4.76. The minimum absolute atomic E-state index is 0.137. The average molecular weight is 577 g/mol. The molecule has 0 radical (unpaired) electrons. The number of aliphatic hydroxyl groups excluding tert-OH is 3. The van der Waals surface area contributed by atoms with Crippen LogP contribution in [0.1, 0.15) is 60.5 Å². The number of piperidine rings is 1. The number of carboxylic acids is 1. The Balaban J connectivity index is 1.39. The lowest BCUT2D eigenvalue weighted by Crippen LogP contribution is -2.62. The van der Waals surface area contributed by atoms with Crippen LogP contribution in [0.25, 0.3) is 0 Å². The summed E-state index contributed by atoms with van der Waals surface area (Å²) in [6.45, 7) is -5.94. The quantitative estimate of drug-likeness (QED) is 0.286. The van der Waals surface area contributed by atoms with E-state index in [2.05, 4.69) is 0 Å². The summed E-state index contributed by atoms with van der Waals surface area (Å²) in [7, 11) is 0. The number of quaternary nitrogens is 1. The zero-order valence-corrected chi connectivity index (χ0v) is 22.0. The molecular weight excluding hydrogens is 530 g/mol. The van der Waals surface area contributed by atoms with Crippen molar-refractivity contribution >= 4 is 11.9 Å². The van der Waals surface area contributed by atoms with Crippen molar-refractivity contribution in [3.05, 3.63) is 71.8 Å². The summed E-state index contributed by atoms with van der Waals surface area (Å²) in [4.78, 5) is 26.6. The third-order valence-electron chi connectivity index (χ3n) is 8.63. The Labute approximate surface area is 249 Å². The smallest absolute Gasteiger partial charge is 0.348 e. The molecule has 4 aliphatic rings. The number of aliphatic hydroxyl groups is 3. The van der Waals surface area contributed by atoms with Gasteiger partial charge in [-0.15, -0.1) is 0 Å². The van der Waals surface area contributed by atoms with Crippen molar-refractivity contribution in [1.29, 1.82) is 0 Å². The Kier molecular flexibility index (Phi) is 5.44. The molecule has 4 N–H and O–H groups in total. The second kappa shape index (κ2) is 11.1. The van der Waals surface area contributed by atoms with Gasteiger partial charge < -0.3 is 39.1 Å². The molecule has 0 aliphatic carbocycles. The first-order valence-electron chi connectivity index (χ1n) is 17.6. The van der Waals surface area contributed by atoms with Gasteiger partial charge in [0.05, 0.1) is 30.6 Å². The molecule has 2 aromatic carbocycles. The Morgan fingerprint density at radius 3 is 1.90 bits per heavy atom. The number of nitrogens with zero attached hydrogens (tertiary/aromatic N) is 1. The van der Waals surface area contributed by atoms with E-state index >= 15 is 0 Å². The molecule has 8 atom stereocenters. The van der Waals surface area contributed by atoms with Crippen molar-refractivity contribution < 1.29 is 59.7 Å². The lowest BCUT2D eigenvalue weighted by molar-refractivity contribution is -0.956. The number of rotatable bonds is 7. The molecule has 10 heteroatoms. The molecule has 1 spiro atoms. The van der Waals surface area contributed by atoms with Crippen molar-refractivity contribution in [2.45, 2.75) is 92.9 Å². The molecular formula is C31H38NO9+. The Morgan fingerprint density at radius 2 is 1.39 bits per heavy atom. The summed E-state index contributed by atoms with van der Waals surface area (Å²) in [5.41, 5.74) is -1.97. The van der Waals surface area contributed by atoms with Gasteiger partial charge >= 0.3 is 11.9 Å². The van der Waals surface area contributed by atoms with E-state index in [0.29, 0.717) is 0 Å². The SMILES string of the molecule is [2H]C1([2H])C([2H])([2H])C([2H])([2H])[N+]2([C@@H]3CC[C@H]2CC(OC(=O)C(OC2O[C@H](C(=O)O)[C@@H](O)[C@H](O)[C@H]2O)(c2ccccc2)c2ccccc2)C3)C1([2H])[2H]. The average Bonchev–Trinajstić information content (AvgIpc) is 3.32. The number of carboxylic acid groups (broad SMARTS) is 1. The number of esters is 1. The van der Waals surface area contributed by atoms with Crippen LogP contribution in [0.4, 0.5) is 0 Å². The second-order valence-corrected chi connectivity index (χ2v) is 10.9. The molecule has 41 heavy (non-hydrogen) atoms. The number of carbonyl (C=O) groups is 2. The van der Waals surface area contributed by atoms with Gasteiger partial charge in [-0.3, -0.25) is 0 Å². The molecule has 0 aromatic heterocycles. The first-order valence-corrected chi connectivity index (χ1v) is 13.6. The fourth-order valence-corrected chi connectivity index (χ4v) is 6.58. The van der Waals surface area contributed by atoms with Crippen LogP contribution in [-0.4, -0.2) is 98.7 Å². The summed E-state index contributed by atoms with van der Waals surface area (Å²) in [6.07, 6.45) is -17.3. The number of aliphatic carboxylic acids is 1. The molecule has 2 unspecified atom stereocenters. The summed E-state index contributed by atoms with van der Waals surface area (Å²) >= 11 is 0. The van der Waals surface area contributed by atoms with Gasteiger partial charge in [-0.1, -0.05) is 60.7 Å². The van der Waals surface area contributed by atoms with E-state index in [1.54, 1.807) is 36.4 Å². The van der Waals surface area contributed by atoms with Gasteiger partial charge in [0.1, 0.15) is 24.4 Å². The maximum Gasteiger partial charge on any atom is 0.348 e. The molecule has 4 heterocycles. The van der Waals surface area contributed by atoms with Crippen LogP contribution >= 0.6 is 0 Å². The van der Waals surface area contributed by atoms with Crippen LogP contribution in [-0.2, 0) is 29.4 Å². The van der Waals surface area contributed by atoms with Crippen molar-refractivity contribution in [2.75, 3.05) is 13.0 Å². The van der Waals surface area contributed by atoms with Gasteiger partial charge in [-0.05, 0) is 11.1 Å². The number of hydrogen-bond donors (Lipinski definition) is 4. The van der Waals surface area contributed by atoms with Gasteiger partial charge in [0.15, 0.2) is 12.4 Å². The van der Waals surface area contributed by atoms with Crippen molar-refractivity contribution in [1.82, 2.24) is 0 Å². The van der Waals surface area contributed by atoms with E-state index in [1.807, 2.05) is 0 Å². The number of benzene rings is 2. The third-order valence-corrected chi connectivity index (χ3v) is 8.63. The summed E-state index contributed by atoms with van der Waals surface area (Å²) in [5.74, 6) is -2.73. The maximum atomic E-state index is 14.7. The van der Waals surface area contributed by atoms with E-state index in [9.17, 15) is 30.0 Å². The maximum absolute atomic E-state index is 14.7. The highest BCUT2D eigenvalue weighted by atomic mass is 16.7. The molecule has 2 aromatic rings. The van der Waals surface area contributed by atoms with Crippen LogP contribution in [0.3, 0.4) is 0 Å². The first-order chi connectivity index (χ1) is 22.8. The van der Waals surface area contributed by atoms with Crippen molar-refractivity contribution in [3.8, 4) is 0 Å². The highest BCUT2D eigenvalue weighted by Gasteiger charge is 2.58. The molecule has 4 aliphatic heterocycles. The molecule has 10 nitrogen and oxygen atoms in total. The lowest BCUT2D eigenvalue weighted by atomic mass is 9.85. The molecule has 6 rings (SSSR count). The number of carbonyl (C=O) groups excluding carboxylic acids is 1. The minimum atomic E-state index is -3.19. The van der Waals surface area contributed by atoms with Crippen LogP contribution in [0.5, 0.6) is 0 Å². The molecule has 0 amide bonds.